The molecule has 0 bridgehead atoms. The predicted molar refractivity (Wildman–Crippen MR) is 79.6 cm³/mol. The Balaban J connectivity index is 2.04. The fourth-order valence-corrected chi connectivity index (χ4v) is 2.34. The molecule has 1 aromatic rings. The molecule has 1 aromatic carbocycles. The molecule has 116 valence electrons. The number of benzene rings is 1. The Morgan fingerprint density at radius 1 is 1.24 bits per heavy atom. The first kappa shape index (κ1) is 15.6. The van der Waals surface area contributed by atoms with Crippen molar-refractivity contribution in [2.45, 2.75) is 32.4 Å². The number of carbonyl (C=O) groups excluding carboxylic acids is 1. The number of hydrogen-bond acceptors (Lipinski definition) is 5. The van der Waals surface area contributed by atoms with E-state index in [4.69, 9.17) is 14.2 Å². The Labute approximate surface area is 125 Å². The van der Waals surface area contributed by atoms with Gasteiger partial charge in [-0.2, -0.15) is 0 Å². The van der Waals surface area contributed by atoms with E-state index in [1.54, 1.807) is 14.2 Å². The van der Waals surface area contributed by atoms with E-state index in [-0.39, 0.29) is 5.97 Å². The average molecular weight is 293 g/mol. The van der Waals surface area contributed by atoms with Crippen molar-refractivity contribution in [3.05, 3.63) is 23.8 Å². The second-order valence-corrected chi connectivity index (χ2v) is 5.13. The van der Waals surface area contributed by atoms with Gasteiger partial charge in [0.1, 0.15) is 0 Å². The van der Waals surface area contributed by atoms with E-state index < -0.39 is 0 Å². The van der Waals surface area contributed by atoms with Crippen molar-refractivity contribution in [3.63, 3.8) is 0 Å². The average Bonchev–Trinajstić information content (AvgIpc) is 3.31. The van der Waals surface area contributed by atoms with Gasteiger partial charge < -0.3 is 14.2 Å². The summed E-state index contributed by atoms with van der Waals surface area (Å²) in [5.41, 5.74) is 1.10. The maximum atomic E-state index is 11.7. The first-order valence-electron chi connectivity index (χ1n) is 7.28. The van der Waals surface area contributed by atoms with Crippen molar-refractivity contribution in [1.82, 2.24) is 4.90 Å². The lowest BCUT2D eigenvalue weighted by Gasteiger charge is -2.21. The zero-order valence-electron chi connectivity index (χ0n) is 12.9. The maximum absolute atomic E-state index is 11.7. The molecule has 0 aliphatic heterocycles. The Bertz CT molecular complexity index is 485. The molecule has 5 nitrogen and oxygen atoms in total. The van der Waals surface area contributed by atoms with E-state index in [2.05, 4.69) is 4.90 Å². The molecule has 0 radical (unpaired) electrons. The van der Waals surface area contributed by atoms with Crippen LogP contribution in [0.15, 0.2) is 18.2 Å². The molecule has 0 unspecified atom stereocenters. The highest BCUT2D eigenvalue weighted by molar-refractivity contribution is 5.71. The van der Waals surface area contributed by atoms with Crippen LogP contribution in [-0.4, -0.2) is 44.3 Å². The van der Waals surface area contributed by atoms with Crippen LogP contribution < -0.4 is 9.47 Å². The number of hydrogen-bond donors (Lipinski definition) is 0. The molecule has 0 N–H and O–H groups in total. The quantitative estimate of drug-likeness (QED) is 0.688. The summed E-state index contributed by atoms with van der Waals surface area (Å²) in [6, 6.07) is 6.34. The smallest absolute Gasteiger partial charge is 0.320 e. The van der Waals surface area contributed by atoms with Crippen LogP contribution in [0.5, 0.6) is 11.5 Å². The summed E-state index contributed by atoms with van der Waals surface area (Å²) in [6.07, 6.45) is 2.29. The van der Waals surface area contributed by atoms with Crippen molar-refractivity contribution in [3.8, 4) is 11.5 Å². The maximum Gasteiger partial charge on any atom is 0.320 e. The molecule has 0 aromatic heterocycles. The number of nitrogens with zero attached hydrogens (tertiary/aromatic N) is 1. The van der Waals surface area contributed by atoms with Gasteiger partial charge in [-0.1, -0.05) is 6.07 Å². The normalized spacial score (nSPS) is 14.1. The largest absolute Gasteiger partial charge is 0.493 e. The van der Waals surface area contributed by atoms with Crippen LogP contribution in [-0.2, 0) is 16.1 Å². The Hall–Kier alpha value is -1.75. The van der Waals surface area contributed by atoms with Crippen LogP contribution in [0.4, 0.5) is 0 Å². The fraction of sp³-hybridized carbons (Fsp3) is 0.562. The number of carbonyl (C=O) groups is 1. The number of rotatable bonds is 8. The van der Waals surface area contributed by atoms with E-state index >= 15 is 0 Å². The SMILES string of the molecule is CCOC(=O)CN(Cc1ccc(OC)c(OC)c1)C1CC1. The molecule has 0 saturated heterocycles. The third-order valence-electron chi connectivity index (χ3n) is 3.53. The van der Waals surface area contributed by atoms with Crippen molar-refractivity contribution >= 4 is 5.97 Å². The molecule has 2 rings (SSSR count). The molecule has 1 saturated carbocycles. The van der Waals surface area contributed by atoms with E-state index in [1.807, 2.05) is 25.1 Å². The number of esters is 1. The van der Waals surface area contributed by atoms with Crippen LogP contribution in [0.3, 0.4) is 0 Å². The van der Waals surface area contributed by atoms with Crippen LogP contribution in [0.2, 0.25) is 0 Å². The second-order valence-electron chi connectivity index (χ2n) is 5.13. The van der Waals surface area contributed by atoms with Gasteiger partial charge in [0.2, 0.25) is 0 Å². The number of methoxy groups -OCH3 is 2. The van der Waals surface area contributed by atoms with Crippen LogP contribution in [0.25, 0.3) is 0 Å². The van der Waals surface area contributed by atoms with Crippen molar-refractivity contribution in [2.75, 3.05) is 27.4 Å². The van der Waals surface area contributed by atoms with Crippen LogP contribution in [0.1, 0.15) is 25.3 Å². The lowest BCUT2D eigenvalue weighted by Crippen LogP contribution is -2.32. The van der Waals surface area contributed by atoms with Crippen molar-refractivity contribution in [2.24, 2.45) is 0 Å². The predicted octanol–water partition coefficient (Wildman–Crippen LogP) is 2.23. The van der Waals surface area contributed by atoms with E-state index in [0.717, 1.165) is 18.4 Å². The molecular formula is C16H23NO4. The molecule has 21 heavy (non-hydrogen) atoms. The van der Waals surface area contributed by atoms with Gasteiger partial charge in [-0.25, -0.2) is 0 Å². The minimum Gasteiger partial charge on any atom is -0.493 e. The van der Waals surface area contributed by atoms with Crippen LogP contribution in [0, 0.1) is 0 Å². The zero-order chi connectivity index (χ0) is 15.2. The van der Waals surface area contributed by atoms with Gasteiger partial charge in [0.25, 0.3) is 0 Å². The van der Waals surface area contributed by atoms with Crippen LogP contribution >= 0.6 is 0 Å². The Morgan fingerprint density at radius 2 is 1.95 bits per heavy atom. The van der Waals surface area contributed by atoms with Crippen molar-refractivity contribution in [1.29, 1.82) is 0 Å². The third kappa shape index (κ3) is 4.36. The van der Waals surface area contributed by atoms with E-state index in [1.165, 1.54) is 0 Å². The highest BCUT2D eigenvalue weighted by Gasteiger charge is 2.30. The molecule has 5 heteroatoms. The van der Waals surface area contributed by atoms with Gasteiger partial charge in [-0.05, 0) is 37.5 Å². The highest BCUT2D eigenvalue weighted by Crippen LogP contribution is 2.31. The topological polar surface area (TPSA) is 48.0 Å². The molecule has 0 spiro atoms. The highest BCUT2D eigenvalue weighted by atomic mass is 16.5. The lowest BCUT2D eigenvalue weighted by molar-refractivity contribution is -0.144. The van der Waals surface area contributed by atoms with Gasteiger partial charge in [-0.15, -0.1) is 0 Å². The molecular weight excluding hydrogens is 270 g/mol. The molecule has 1 aliphatic carbocycles. The monoisotopic (exact) mass is 293 g/mol. The van der Waals surface area contributed by atoms with E-state index in [9.17, 15) is 4.79 Å². The summed E-state index contributed by atoms with van der Waals surface area (Å²) in [4.78, 5) is 13.9. The first-order chi connectivity index (χ1) is 10.2. The third-order valence-corrected chi connectivity index (χ3v) is 3.53. The fourth-order valence-electron chi connectivity index (χ4n) is 2.34. The van der Waals surface area contributed by atoms with Crippen molar-refractivity contribution < 1.29 is 19.0 Å². The molecule has 1 aliphatic rings. The van der Waals surface area contributed by atoms with Gasteiger partial charge in [0.05, 0.1) is 27.4 Å². The summed E-state index contributed by atoms with van der Waals surface area (Å²) < 4.78 is 15.6. The second kappa shape index (κ2) is 7.31. The lowest BCUT2D eigenvalue weighted by atomic mass is 10.2. The Morgan fingerprint density at radius 3 is 2.52 bits per heavy atom. The Kier molecular flexibility index (Phi) is 5.44. The minimum absolute atomic E-state index is 0.162. The summed E-state index contributed by atoms with van der Waals surface area (Å²) in [5.74, 6) is 1.26. The summed E-state index contributed by atoms with van der Waals surface area (Å²) >= 11 is 0. The van der Waals surface area contributed by atoms with Gasteiger partial charge >= 0.3 is 5.97 Å². The summed E-state index contributed by atoms with van der Waals surface area (Å²) in [5, 5.41) is 0. The zero-order valence-corrected chi connectivity index (χ0v) is 12.9. The van der Waals surface area contributed by atoms with Gasteiger partial charge in [-0.3, -0.25) is 9.69 Å². The van der Waals surface area contributed by atoms with Gasteiger partial charge in [0, 0.05) is 12.6 Å². The summed E-state index contributed by atoms with van der Waals surface area (Å²) in [7, 11) is 3.24. The standard InChI is InChI=1S/C16H23NO4/c1-4-21-16(18)11-17(13-6-7-13)10-12-5-8-14(19-2)15(9-12)20-3/h5,8-9,13H,4,6-7,10-11H2,1-3H3. The molecule has 0 amide bonds. The van der Waals surface area contributed by atoms with E-state index in [0.29, 0.717) is 37.2 Å². The molecule has 0 atom stereocenters. The first-order valence-corrected chi connectivity index (χ1v) is 7.28. The molecule has 1 fully saturated rings. The minimum atomic E-state index is -0.162. The summed E-state index contributed by atoms with van der Waals surface area (Å²) in [6.45, 7) is 3.30. The van der Waals surface area contributed by atoms with Gasteiger partial charge in [0.15, 0.2) is 11.5 Å². The molecule has 0 heterocycles. The number of ether oxygens (including phenoxy) is 3.